The predicted octanol–water partition coefficient (Wildman–Crippen LogP) is 2.71. The summed E-state index contributed by atoms with van der Waals surface area (Å²) in [4.78, 5) is 32.6. The first-order valence-corrected chi connectivity index (χ1v) is 10.7. The minimum atomic E-state index is 0.119. The molecule has 2 amide bonds. The van der Waals surface area contributed by atoms with E-state index in [0.29, 0.717) is 6.54 Å². The first-order valence-electron chi connectivity index (χ1n) is 9.67. The number of piperidine rings is 1. The number of rotatable bonds is 5. The van der Waals surface area contributed by atoms with Crippen molar-refractivity contribution in [3.8, 4) is 0 Å². The highest BCUT2D eigenvalue weighted by Gasteiger charge is 2.30. The molecule has 0 aromatic heterocycles. The first kappa shape index (κ1) is 19.2. The highest BCUT2D eigenvalue weighted by atomic mass is 32.2. The fourth-order valence-electron chi connectivity index (χ4n) is 3.84. The highest BCUT2D eigenvalue weighted by Crippen LogP contribution is 2.34. The molecule has 1 saturated heterocycles. The summed E-state index contributed by atoms with van der Waals surface area (Å²) in [5, 5.41) is 0. The van der Waals surface area contributed by atoms with Gasteiger partial charge in [0.2, 0.25) is 11.8 Å². The van der Waals surface area contributed by atoms with Crippen LogP contribution in [-0.2, 0) is 9.59 Å². The van der Waals surface area contributed by atoms with Gasteiger partial charge in [-0.05, 0) is 51.9 Å². The number of benzene rings is 1. The third-order valence-corrected chi connectivity index (χ3v) is 6.44. The van der Waals surface area contributed by atoms with E-state index in [4.69, 9.17) is 0 Å². The topological polar surface area (TPSA) is 43.9 Å². The van der Waals surface area contributed by atoms with Crippen LogP contribution in [0, 0.1) is 5.92 Å². The molecule has 0 aliphatic carbocycles. The number of para-hydroxylation sites is 1. The monoisotopic (exact) mass is 375 g/mol. The Balaban J connectivity index is 1.54. The maximum Gasteiger partial charge on any atom is 0.241 e. The van der Waals surface area contributed by atoms with Crippen LogP contribution in [0.5, 0.6) is 0 Å². The number of hydrogen-bond donors (Lipinski definition) is 0. The summed E-state index contributed by atoms with van der Waals surface area (Å²) in [6.07, 6.45) is 1.71. The van der Waals surface area contributed by atoms with Gasteiger partial charge in [0, 0.05) is 36.2 Å². The zero-order valence-corrected chi connectivity index (χ0v) is 16.6. The molecule has 3 rings (SSSR count). The van der Waals surface area contributed by atoms with Gasteiger partial charge in [-0.15, -0.1) is 11.8 Å². The van der Waals surface area contributed by atoms with Crippen LogP contribution in [-0.4, -0.2) is 66.6 Å². The Hall–Kier alpha value is -1.53. The lowest BCUT2D eigenvalue weighted by Crippen LogP contribution is -2.47. The Morgan fingerprint density at radius 3 is 2.50 bits per heavy atom. The molecule has 2 heterocycles. The standard InChI is InChI=1S/C20H29N3O2S/c1-3-22(4-2)20(25)16-9-11-21(12-10-16)15-19(24)23-13-14-26-18-8-6-5-7-17(18)23/h5-8,16H,3-4,9-15H2,1-2H3. The molecule has 1 aromatic rings. The molecule has 6 heteroatoms. The van der Waals surface area contributed by atoms with Gasteiger partial charge in [0.05, 0.1) is 12.2 Å². The Labute approximate surface area is 160 Å². The molecule has 0 atom stereocenters. The summed E-state index contributed by atoms with van der Waals surface area (Å²) < 4.78 is 0. The average Bonchev–Trinajstić information content (AvgIpc) is 2.69. The van der Waals surface area contributed by atoms with Crippen molar-refractivity contribution in [2.45, 2.75) is 31.6 Å². The van der Waals surface area contributed by atoms with E-state index in [1.54, 1.807) is 0 Å². The van der Waals surface area contributed by atoms with Gasteiger partial charge in [0.1, 0.15) is 0 Å². The van der Waals surface area contributed by atoms with Gasteiger partial charge < -0.3 is 9.80 Å². The van der Waals surface area contributed by atoms with Crippen LogP contribution in [0.2, 0.25) is 0 Å². The number of carbonyl (C=O) groups is 2. The number of carbonyl (C=O) groups excluding carboxylic acids is 2. The summed E-state index contributed by atoms with van der Waals surface area (Å²) >= 11 is 1.82. The lowest BCUT2D eigenvalue weighted by Gasteiger charge is -2.35. The van der Waals surface area contributed by atoms with E-state index in [1.807, 2.05) is 53.6 Å². The van der Waals surface area contributed by atoms with Crippen molar-refractivity contribution in [2.75, 3.05) is 49.9 Å². The highest BCUT2D eigenvalue weighted by molar-refractivity contribution is 7.99. The fourth-order valence-corrected chi connectivity index (χ4v) is 4.83. The molecule has 0 radical (unpaired) electrons. The Morgan fingerprint density at radius 2 is 1.81 bits per heavy atom. The van der Waals surface area contributed by atoms with Gasteiger partial charge >= 0.3 is 0 Å². The first-order chi connectivity index (χ1) is 12.6. The zero-order chi connectivity index (χ0) is 18.5. The van der Waals surface area contributed by atoms with Crippen molar-refractivity contribution in [1.29, 1.82) is 0 Å². The number of amides is 2. The minimum absolute atomic E-state index is 0.119. The van der Waals surface area contributed by atoms with Crippen molar-refractivity contribution in [3.05, 3.63) is 24.3 Å². The van der Waals surface area contributed by atoms with Gasteiger partial charge in [-0.1, -0.05) is 12.1 Å². The van der Waals surface area contributed by atoms with E-state index < -0.39 is 0 Å². The van der Waals surface area contributed by atoms with E-state index in [9.17, 15) is 9.59 Å². The summed E-state index contributed by atoms with van der Waals surface area (Å²) in [7, 11) is 0. The number of thioether (sulfide) groups is 1. The maximum absolute atomic E-state index is 12.8. The minimum Gasteiger partial charge on any atom is -0.343 e. The van der Waals surface area contributed by atoms with Crippen LogP contribution in [0.4, 0.5) is 5.69 Å². The second-order valence-corrected chi connectivity index (χ2v) is 8.06. The van der Waals surface area contributed by atoms with E-state index >= 15 is 0 Å². The van der Waals surface area contributed by atoms with Gasteiger partial charge in [0.25, 0.3) is 0 Å². The molecule has 0 saturated carbocycles. The fraction of sp³-hybridized carbons (Fsp3) is 0.600. The zero-order valence-electron chi connectivity index (χ0n) is 15.8. The molecule has 0 spiro atoms. The smallest absolute Gasteiger partial charge is 0.241 e. The van der Waals surface area contributed by atoms with Crippen LogP contribution in [0.3, 0.4) is 0 Å². The van der Waals surface area contributed by atoms with Crippen molar-refractivity contribution < 1.29 is 9.59 Å². The van der Waals surface area contributed by atoms with E-state index in [1.165, 1.54) is 4.90 Å². The maximum atomic E-state index is 12.8. The van der Waals surface area contributed by atoms with Gasteiger partial charge in [-0.25, -0.2) is 0 Å². The van der Waals surface area contributed by atoms with E-state index in [0.717, 1.165) is 57.0 Å². The summed E-state index contributed by atoms with van der Waals surface area (Å²) in [5.41, 5.74) is 1.04. The molecule has 2 aliphatic heterocycles. The number of fused-ring (bicyclic) bond motifs is 1. The van der Waals surface area contributed by atoms with Gasteiger partial charge in [-0.3, -0.25) is 14.5 Å². The number of hydrogen-bond acceptors (Lipinski definition) is 4. The quantitative estimate of drug-likeness (QED) is 0.794. The Morgan fingerprint density at radius 1 is 1.12 bits per heavy atom. The molecule has 1 aromatic carbocycles. The normalized spacial score (nSPS) is 18.5. The SMILES string of the molecule is CCN(CC)C(=O)C1CCN(CC(=O)N2CCSc3ccccc32)CC1. The molecule has 0 N–H and O–H groups in total. The number of anilines is 1. The van der Waals surface area contributed by atoms with Gasteiger partial charge in [-0.2, -0.15) is 0 Å². The van der Waals surface area contributed by atoms with Crippen LogP contribution in [0.15, 0.2) is 29.2 Å². The second kappa shape index (κ2) is 8.91. The average molecular weight is 376 g/mol. The van der Waals surface area contributed by atoms with Crippen LogP contribution in [0.25, 0.3) is 0 Å². The third-order valence-electron chi connectivity index (χ3n) is 5.40. The molecule has 0 unspecified atom stereocenters. The van der Waals surface area contributed by atoms with Crippen molar-refractivity contribution in [1.82, 2.24) is 9.80 Å². The lowest BCUT2D eigenvalue weighted by molar-refractivity contribution is -0.136. The molecule has 2 aliphatic rings. The molecule has 5 nitrogen and oxygen atoms in total. The molecular formula is C20H29N3O2S. The van der Waals surface area contributed by atoms with Crippen LogP contribution < -0.4 is 4.90 Å². The Kier molecular flexibility index (Phi) is 6.59. The predicted molar refractivity (Wildman–Crippen MR) is 107 cm³/mol. The van der Waals surface area contributed by atoms with Crippen molar-refractivity contribution in [2.24, 2.45) is 5.92 Å². The summed E-state index contributed by atoms with van der Waals surface area (Å²) in [6.45, 7) is 8.50. The molecule has 1 fully saturated rings. The summed E-state index contributed by atoms with van der Waals surface area (Å²) in [6, 6.07) is 8.14. The second-order valence-electron chi connectivity index (χ2n) is 6.92. The number of nitrogens with zero attached hydrogens (tertiary/aromatic N) is 3. The van der Waals surface area contributed by atoms with Gasteiger partial charge in [0.15, 0.2) is 0 Å². The van der Waals surface area contributed by atoms with Crippen LogP contribution in [0.1, 0.15) is 26.7 Å². The van der Waals surface area contributed by atoms with Crippen molar-refractivity contribution in [3.63, 3.8) is 0 Å². The van der Waals surface area contributed by atoms with E-state index in [-0.39, 0.29) is 17.7 Å². The molecular weight excluding hydrogens is 346 g/mol. The van der Waals surface area contributed by atoms with Crippen LogP contribution >= 0.6 is 11.8 Å². The molecule has 142 valence electrons. The third kappa shape index (κ3) is 4.23. The molecule has 0 bridgehead atoms. The number of likely N-dealkylation sites (tertiary alicyclic amines) is 1. The lowest BCUT2D eigenvalue weighted by atomic mass is 9.95. The van der Waals surface area contributed by atoms with E-state index in [2.05, 4.69) is 11.0 Å². The van der Waals surface area contributed by atoms with Crippen molar-refractivity contribution >= 4 is 29.3 Å². The molecule has 26 heavy (non-hydrogen) atoms. The Bertz CT molecular complexity index is 640. The largest absolute Gasteiger partial charge is 0.343 e. The summed E-state index contributed by atoms with van der Waals surface area (Å²) in [5.74, 6) is 1.52.